The molecule has 0 bridgehead atoms. The molecule has 1 amide bonds. The standard InChI is InChI=1S/C14H14ClN3O2/c1-9(2)20-14-11(6-4-8-16-14)18-13(19)10-5-3-7-12(15)17-10/h3-9H,1-2H3,(H,18,19). The summed E-state index contributed by atoms with van der Waals surface area (Å²) in [6.45, 7) is 3.78. The molecular formula is C14H14ClN3O2. The zero-order valence-corrected chi connectivity index (χ0v) is 11.9. The van der Waals surface area contributed by atoms with Gasteiger partial charge in [0.15, 0.2) is 0 Å². The van der Waals surface area contributed by atoms with Crippen molar-refractivity contribution in [2.24, 2.45) is 0 Å². The predicted molar refractivity (Wildman–Crippen MR) is 77.2 cm³/mol. The van der Waals surface area contributed by atoms with Gasteiger partial charge in [0.2, 0.25) is 5.88 Å². The summed E-state index contributed by atoms with van der Waals surface area (Å²) in [6, 6.07) is 8.29. The number of carbonyl (C=O) groups is 1. The highest BCUT2D eigenvalue weighted by Gasteiger charge is 2.12. The summed E-state index contributed by atoms with van der Waals surface area (Å²) in [4.78, 5) is 20.1. The Morgan fingerprint density at radius 2 is 2.10 bits per heavy atom. The molecule has 2 rings (SSSR count). The monoisotopic (exact) mass is 291 g/mol. The number of halogens is 1. The second-order valence-corrected chi connectivity index (χ2v) is 4.71. The smallest absolute Gasteiger partial charge is 0.274 e. The number of amides is 1. The number of hydrogen-bond donors (Lipinski definition) is 1. The number of nitrogens with one attached hydrogen (secondary N) is 1. The van der Waals surface area contributed by atoms with E-state index >= 15 is 0 Å². The van der Waals surface area contributed by atoms with Gasteiger partial charge in [-0.25, -0.2) is 9.97 Å². The largest absolute Gasteiger partial charge is 0.473 e. The van der Waals surface area contributed by atoms with Gasteiger partial charge in [0.25, 0.3) is 5.91 Å². The summed E-state index contributed by atoms with van der Waals surface area (Å²) < 4.78 is 5.53. The van der Waals surface area contributed by atoms with Crippen LogP contribution in [0.3, 0.4) is 0 Å². The topological polar surface area (TPSA) is 64.1 Å². The molecule has 2 aromatic heterocycles. The molecular weight excluding hydrogens is 278 g/mol. The van der Waals surface area contributed by atoms with Crippen LogP contribution in [0.4, 0.5) is 5.69 Å². The van der Waals surface area contributed by atoms with E-state index in [0.717, 1.165) is 0 Å². The van der Waals surface area contributed by atoms with Crippen LogP contribution in [0.25, 0.3) is 0 Å². The zero-order valence-electron chi connectivity index (χ0n) is 11.1. The highest BCUT2D eigenvalue weighted by atomic mass is 35.5. The first-order valence-electron chi connectivity index (χ1n) is 6.12. The van der Waals surface area contributed by atoms with Gasteiger partial charge >= 0.3 is 0 Å². The summed E-state index contributed by atoms with van der Waals surface area (Å²) >= 11 is 5.76. The van der Waals surface area contributed by atoms with Gasteiger partial charge < -0.3 is 10.1 Å². The van der Waals surface area contributed by atoms with Gasteiger partial charge in [0, 0.05) is 6.20 Å². The maximum atomic E-state index is 12.1. The third-order valence-electron chi connectivity index (χ3n) is 2.31. The minimum atomic E-state index is -0.367. The number of nitrogens with zero attached hydrogens (tertiary/aromatic N) is 2. The van der Waals surface area contributed by atoms with E-state index in [-0.39, 0.29) is 22.9 Å². The van der Waals surface area contributed by atoms with E-state index in [0.29, 0.717) is 11.6 Å². The van der Waals surface area contributed by atoms with Crippen LogP contribution in [0.2, 0.25) is 5.15 Å². The van der Waals surface area contributed by atoms with Crippen molar-refractivity contribution < 1.29 is 9.53 Å². The Hall–Kier alpha value is -2.14. The summed E-state index contributed by atoms with van der Waals surface area (Å²) in [7, 11) is 0. The lowest BCUT2D eigenvalue weighted by Crippen LogP contribution is -2.16. The average molecular weight is 292 g/mol. The molecule has 0 unspecified atom stereocenters. The number of rotatable bonds is 4. The molecule has 0 saturated carbocycles. The van der Waals surface area contributed by atoms with E-state index in [1.165, 1.54) is 0 Å². The fourth-order valence-corrected chi connectivity index (χ4v) is 1.69. The van der Waals surface area contributed by atoms with Crippen LogP contribution in [0, 0.1) is 0 Å². The minimum Gasteiger partial charge on any atom is -0.473 e. The number of hydrogen-bond acceptors (Lipinski definition) is 4. The highest BCUT2D eigenvalue weighted by molar-refractivity contribution is 6.29. The molecule has 0 aliphatic rings. The molecule has 2 aromatic rings. The molecule has 5 nitrogen and oxygen atoms in total. The lowest BCUT2D eigenvalue weighted by Gasteiger charge is -2.13. The summed E-state index contributed by atoms with van der Waals surface area (Å²) in [5.41, 5.74) is 0.727. The van der Waals surface area contributed by atoms with Crippen LogP contribution in [0.1, 0.15) is 24.3 Å². The van der Waals surface area contributed by atoms with Crippen LogP contribution in [-0.4, -0.2) is 22.0 Å². The number of pyridine rings is 2. The van der Waals surface area contributed by atoms with Gasteiger partial charge in [0.1, 0.15) is 16.5 Å². The molecule has 0 atom stereocenters. The SMILES string of the molecule is CC(C)Oc1ncccc1NC(=O)c1cccc(Cl)n1. The van der Waals surface area contributed by atoms with Crippen molar-refractivity contribution in [3.8, 4) is 5.88 Å². The summed E-state index contributed by atoms with van der Waals surface area (Å²) in [6.07, 6.45) is 1.57. The van der Waals surface area contributed by atoms with Gasteiger partial charge in [-0.2, -0.15) is 0 Å². The molecule has 0 spiro atoms. The maximum Gasteiger partial charge on any atom is 0.274 e. The van der Waals surface area contributed by atoms with Crippen LogP contribution in [0.15, 0.2) is 36.5 Å². The van der Waals surface area contributed by atoms with Crippen molar-refractivity contribution in [1.82, 2.24) is 9.97 Å². The van der Waals surface area contributed by atoms with Gasteiger partial charge in [-0.15, -0.1) is 0 Å². The molecule has 0 aliphatic heterocycles. The molecule has 0 radical (unpaired) electrons. The van der Waals surface area contributed by atoms with Crippen molar-refractivity contribution in [2.45, 2.75) is 20.0 Å². The molecule has 0 aromatic carbocycles. The lowest BCUT2D eigenvalue weighted by atomic mass is 10.3. The van der Waals surface area contributed by atoms with Crippen molar-refractivity contribution in [3.63, 3.8) is 0 Å². The Morgan fingerprint density at radius 1 is 1.30 bits per heavy atom. The van der Waals surface area contributed by atoms with E-state index < -0.39 is 0 Å². The Morgan fingerprint density at radius 3 is 2.80 bits per heavy atom. The third kappa shape index (κ3) is 3.68. The number of aromatic nitrogens is 2. The molecule has 0 saturated heterocycles. The number of ether oxygens (including phenoxy) is 1. The highest BCUT2D eigenvalue weighted by Crippen LogP contribution is 2.22. The number of carbonyl (C=O) groups excluding carboxylic acids is 1. The molecule has 1 N–H and O–H groups in total. The Labute approximate surface area is 122 Å². The van der Waals surface area contributed by atoms with Crippen LogP contribution in [-0.2, 0) is 0 Å². The molecule has 6 heteroatoms. The fourth-order valence-electron chi connectivity index (χ4n) is 1.52. The van der Waals surface area contributed by atoms with E-state index in [9.17, 15) is 4.79 Å². The first-order chi connectivity index (χ1) is 9.56. The van der Waals surface area contributed by atoms with E-state index in [4.69, 9.17) is 16.3 Å². The zero-order chi connectivity index (χ0) is 14.5. The fraction of sp³-hybridized carbons (Fsp3) is 0.214. The van der Waals surface area contributed by atoms with Crippen LogP contribution < -0.4 is 10.1 Å². The van der Waals surface area contributed by atoms with Gasteiger partial charge in [-0.05, 0) is 38.1 Å². The van der Waals surface area contributed by atoms with Gasteiger partial charge in [-0.1, -0.05) is 17.7 Å². The van der Waals surface area contributed by atoms with Gasteiger partial charge in [0.05, 0.1) is 6.10 Å². The first kappa shape index (κ1) is 14.3. The minimum absolute atomic E-state index is 0.0372. The van der Waals surface area contributed by atoms with Gasteiger partial charge in [-0.3, -0.25) is 4.79 Å². The Bertz CT molecular complexity index is 617. The Balaban J connectivity index is 2.19. The predicted octanol–water partition coefficient (Wildman–Crippen LogP) is 3.17. The second-order valence-electron chi connectivity index (χ2n) is 4.32. The van der Waals surface area contributed by atoms with Crippen molar-refractivity contribution in [2.75, 3.05) is 5.32 Å². The molecule has 104 valence electrons. The lowest BCUT2D eigenvalue weighted by molar-refractivity contribution is 0.102. The second kappa shape index (κ2) is 6.34. The van der Waals surface area contributed by atoms with Crippen LogP contribution in [0.5, 0.6) is 5.88 Å². The van der Waals surface area contributed by atoms with Crippen molar-refractivity contribution >= 4 is 23.2 Å². The maximum absolute atomic E-state index is 12.1. The summed E-state index contributed by atoms with van der Waals surface area (Å²) in [5.74, 6) is 0.00647. The first-order valence-corrected chi connectivity index (χ1v) is 6.49. The molecule has 20 heavy (non-hydrogen) atoms. The van der Waals surface area contributed by atoms with Crippen molar-refractivity contribution in [3.05, 3.63) is 47.4 Å². The molecule has 0 aliphatic carbocycles. The Kier molecular flexibility index (Phi) is 4.53. The average Bonchev–Trinajstić information content (AvgIpc) is 2.40. The van der Waals surface area contributed by atoms with E-state index in [2.05, 4.69) is 15.3 Å². The summed E-state index contributed by atoms with van der Waals surface area (Å²) in [5, 5.41) is 2.98. The van der Waals surface area contributed by atoms with Crippen LogP contribution >= 0.6 is 11.6 Å². The molecule has 0 fully saturated rings. The molecule has 2 heterocycles. The third-order valence-corrected chi connectivity index (χ3v) is 2.52. The quantitative estimate of drug-likeness (QED) is 0.879. The van der Waals surface area contributed by atoms with Crippen molar-refractivity contribution in [1.29, 1.82) is 0 Å². The normalized spacial score (nSPS) is 10.4. The van der Waals surface area contributed by atoms with E-state index in [1.807, 2.05) is 13.8 Å². The number of anilines is 1. The van der Waals surface area contributed by atoms with E-state index in [1.54, 1.807) is 36.5 Å².